The van der Waals surface area contributed by atoms with Crippen LogP contribution in [0.25, 0.3) is 10.2 Å². The number of hydrogen-bond donors (Lipinski definition) is 1. The Bertz CT molecular complexity index is 2520. The van der Waals surface area contributed by atoms with E-state index in [2.05, 4.69) is 75.2 Å². The third kappa shape index (κ3) is 16.3. The summed E-state index contributed by atoms with van der Waals surface area (Å²) in [5, 5.41) is 13.7. The van der Waals surface area contributed by atoms with Crippen LogP contribution in [0.2, 0.25) is 25.7 Å². The number of halogens is 1. The molecule has 18 heteroatoms. The number of anilines is 2. The van der Waals surface area contributed by atoms with Gasteiger partial charge in [0.2, 0.25) is 0 Å². The van der Waals surface area contributed by atoms with Crippen molar-refractivity contribution < 1.29 is 23.4 Å². The zero-order valence-electron chi connectivity index (χ0n) is 41.4. The van der Waals surface area contributed by atoms with E-state index in [1.165, 1.54) is 24.5 Å². The van der Waals surface area contributed by atoms with Crippen LogP contribution in [-0.2, 0) is 22.6 Å². The molecule has 68 heavy (non-hydrogen) atoms. The van der Waals surface area contributed by atoms with Crippen LogP contribution in [0.15, 0.2) is 53.5 Å². The highest BCUT2D eigenvalue weighted by molar-refractivity contribution is 7.16. The van der Waals surface area contributed by atoms with E-state index in [9.17, 15) is 9.18 Å². The molecule has 0 atom stereocenters. The average molecular weight is 987 g/mol. The second-order valence-electron chi connectivity index (χ2n) is 18.8. The highest BCUT2D eigenvalue weighted by atomic mass is 32.1. The molecule has 1 saturated heterocycles. The van der Waals surface area contributed by atoms with Gasteiger partial charge in [-0.1, -0.05) is 61.4 Å². The second kappa shape index (κ2) is 26.4. The second-order valence-corrected chi connectivity index (χ2v) is 26.5. The lowest BCUT2D eigenvalue weighted by atomic mass is 10.2. The Labute approximate surface area is 411 Å². The minimum atomic E-state index is -1.25. The number of esters is 1. The first-order valence-electron chi connectivity index (χ1n) is 23.9. The summed E-state index contributed by atoms with van der Waals surface area (Å²) in [4.78, 5) is 33.6. The van der Waals surface area contributed by atoms with Crippen LogP contribution < -0.4 is 19.8 Å². The molecule has 0 saturated carbocycles. The largest absolute Gasteiger partial charge is 0.491 e. The van der Waals surface area contributed by atoms with Crippen molar-refractivity contribution in [2.75, 3.05) is 105 Å². The number of carbonyl (C=O) groups excluding carboxylic acids is 1. The molecule has 1 fully saturated rings. The van der Waals surface area contributed by atoms with Gasteiger partial charge in [-0.15, -0.1) is 21.5 Å². The minimum Gasteiger partial charge on any atom is -0.491 e. The first kappa shape index (κ1) is 52.8. The van der Waals surface area contributed by atoms with Crippen molar-refractivity contribution in [1.29, 1.82) is 0 Å². The van der Waals surface area contributed by atoms with Gasteiger partial charge in [-0.3, -0.25) is 9.47 Å². The SMILES string of the molecule is COC(=O)c1nc(N(CCCCCNCCCN2CCN(C)CC2)c2cc(C)c(N=c3sc4ccccc4n3COCC[Si](C)(C)C)nn2)sc1CCCOc1ccc(C#CCN(C)C)cc1F. The fraction of sp³-hybridized carbons (Fsp3) is 0.540. The number of thiazole rings is 2. The van der Waals surface area contributed by atoms with Gasteiger partial charge >= 0.3 is 5.97 Å². The van der Waals surface area contributed by atoms with Crippen LogP contribution in [0, 0.1) is 24.6 Å². The molecular weight excluding hydrogens is 916 g/mol. The standard InChI is InChI=1S/C50H71FN10O4S2Si/c1-38-35-45(55-56-47(38)54-50-61(37-64-33-34-68(6,7)8)41-18-10-11-19-43(41)66-50)60(27-13-9-12-23-52-24-16-26-59-30-28-58(4)29-31-59)49-53-46(48(62)63-5)44(67-49)20-15-32-65-42-22-21-39(36-40(42)51)17-14-25-57(2)3/h10-11,18-19,21-22,35-36,52H,9,12-13,15-16,20,23-34,37H2,1-8H3. The lowest BCUT2D eigenvalue weighted by molar-refractivity contribution is 0.0593. The number of hydrogen-bond acceptors (Lipinski definition) is 15. The number of ether oxygens (including phenoxy) is 3. The van der Waals surface area contributed by atoms with E-state index in [1.54, 1.807) is 23.5 Å². The Hall–Kier alpha value is -4.58. The molecule has 368 valence electrons. The molecule has 0 radical (unpaired) electrons. The van der Waals surface area contributed by atoms with Crippen molar-refractivity contribution in [3.63, 3.8) is 0 Å². The van der Waals surface area contributed by atoms with Crippen LogP contribution in [0.3, 0.4) is 0 Å². The van der Waals surface area contributed by atoms with Gasteiger partial charge in [0.15, 0.2) is 38.8 Å². The molecule has 1 N–H and O–H groups in total. The number of para-hydroxylation sites is 1. The number of aryl methyl sites for hydroxylation is 2. The maximum atomic E-state index is 15.0. The summed E-state index contributed by atoms with van der Waals surface area (Å²) in [6.07, 6.45) is 5.04. The van der Waals surface area contributed by atoms with E-state index in [1.807, 2.05) is 44.1 Å². The Morgan fingerprint density at radius 1 is 0.971 bits per heavy atom. The van der Waals surface area contributed by atoms with E-state index in [-0.39, 0.29) is 18.1 Å². The number of aromatic nitrogens is 4. The van der Waals surface area contributed by atoms with Crippen LogP contribution in [0.4, 0.5) is 21.2 Å². The molecule has 6 rings (SSSR count). The molecule has 2 aromatic carbocycles. The first-order valence-corrected chi connectivity index (χ1v) is 29.2. The highest BCUT2D eigenvalue weighted by Gasteiger charge is 2.24. The van der Waals surface area contributed by atoms with E-state index in [0.29, 0.717) is 61.6 Å². The van der Waals surface area contributed by atoms with Crippen molar-refractivity contribution in [3.8, 4) is 17.6 Å². The van der Waals surface area contributed by atoms with Crippen molar-refractivity contribution >= 4 is 63.7 Å². The fourth-order valence-corrected chi connectivity index (χ4v) is 10.4. The number of piperazine rings is 1. The van der Waals surface area contributed by atoms with E-state index in [4.69, 9.17) is 34.4 Å². The number of unbranched alkanes of at least 4 members (excludes halogenated alkanes) is 2. The van der Waals surface area contributed by atoms with Crippen molar-refractivity contribution in [1.82, 2.24) is 39.8 Å². The van der Waals surface area contributed by atoms with E-state index in [0.717, 1.165) is 103 Å². The molecule has 3 aromatic heterocycles. The molecule has 1 aliphatic rings. The third-order valence-electron chi connectivity index (χ3n) is 11.5. The summed E-state index contributed by atoms with van der Waals surface area (Å²) in [5.41, 5.74) is 2.76. The van der Waals surface area contributed by atoms with E-state index < -0.39 is 19.9 Å². The Morgan fingerprint density at radius 2 is 1.76 bits per heavy atom. The third-order valence-corrected chi connectivity index (χ3v) is 15.5. The summed E-state index contributed by atoms with van der Waals surface area (Å²) in [6.45, 7) is 19.3. The predicted octanol–water partition coefficient (Wildman–Crippen LogP) is 8.19. The topological polar surface area (TPSA) is 126 Å². The quantitative estimate of drug-likeness (QED) is 0.0263. The molecule has 0 spiro atoms. The summed E-state index contributed by atoms with van der Waals surface area (Å²) in [5.74, 6) is 6.33. The van der Waals surface area contributed by atoms with Crippen LogP contribution in [0.1, 0.15) is 58.6 Å². The monoisotopic (exact) mass is 986 g/mol. The maximum Gasteiger partial charge on any atom is 0.357 e. The normalized spacial score (nSPS) is 13.9. The van der Waals surface area contributed by atoms with Crippen molar-refractivity contribution in [3.05, 3.63) is 80.8 Å². The molecule has 0 aliphatic carbocycles. The maximum absolute atomic E-state index is 15.0. The molecule has 14 nitrogen and oxygen atoms in total. The van der Waals surface area contributed by atoms with Gasteiger partial charge < -0.3 is 34.2 Å². The Kier molecular flexibility index (Phi) is 20.5. The zero-order chi connectivity index (χ0) is 48.5. The van der Waals surface area contributed by atoms with Crippen LogP contribution in [-0.4, -0.2) is 149 Å². The van der Waals surface area contributed by atoms with Gasteiger partial charge in [-0.05, 0) is 128 Å². The van der Waals surface area contributed by atoms with Crippen LogP contribution in [0.5, 0.6) is 5.75 Å². The number of likely N-dealkylation sites (N-methyl/N-ethyl adjacent to an activating group) is 1. The smallest absolute Gasteiger partial charge is 0.357 e. The lowest BCUT2D eigenvalue weighted by Crippen LogP contribution is -2.45. The Morgan fingerprint density at radius 3 is 2.51 bits per heavy atom. The molecule has 4 heterocycles. The fourth-order valence-electron chi connectivity index (χ4n) is 7.48. The van der Waals surface area contributed by atoms with Crippen LogP contribution >= 0.6 is 22.7 Å². The molecule has 0 amide bonds. The Balaban J connectivity index is 1.17. The van der Waals surface area contributed by atoms with Gasteiger partial charge in [0, 0.05) is 57.8 Å². The summed E-state index contributed by atoms with van der Waals surface area (Å²) in [6, 6.07) is 16.1. The molecule has 1 aliphatic heterocycles. The van der Waals surface area contributed by atoms with Gasteiger partial charge in [0.1, 0.15) is 6.73 Å². The lowest BCUT2D eigenvalue weighted by Gasteiger charge is -2.32. The minimum absolute atomic E-state index is 0.158. The van der Waals surface area contributed by atoms with E-state index >= 15 is 0 Å². The van der Waals surface area contributed by atoms with Gasteiger partial charge in [0.05, 0.1) is 30.5 Å². The number of fused-ring (bicyclic) bond motifs is 1. The first-order chi connectivity index (χ1) is 32.8. The highest BCUT2D eigenvalue weighted by Crippen LogP contribution is 2.34. The molecule has 0 unspecified atom stereocenters. The number of nitrogens with one attached hydrogen (secondary N) is 1. The summed E-state index contributed by atoms with van der Waals surface area (Å²) in [7, 11) is 6.17. The number of nitrogens with zero attached hydrogens (tertiary/aromatic N) is 9. The molecular formula is C50H71FN10O4S2Si. The molecule has 5 aromatic rings. The number of carbonyl (C=O) groups is 1. The summed E-state index contributed by atoms with van der Waals surface area (Å²) >= 11 is 3.03. The number of benzene rings is 2. The van der Waals surface area contributed by atoms with Crippen molar-refractivity contribution in [2.24, 2.45) is 4.99 Å². The summed E-state index contributed by atoms with van der Waals surface area (Å²) < 4.78 is 35.5. The zero-order valence-corrected chi connectivity index (χ0v) is 44.0. The average Bonchev–Trinajstić information content (AvgIpc) is 3.89. The number of rotatable bonds is 25. The van der Waals surface area contributed by atoms with Crippen molar-refractivity contribution in [2.45, 2.75) is 77.9 Å². The number of methoxy groups -OCH3 is 1. The predicted molar refractivity (Wildman–Crippen MR) is 277 cm³/mol. The van der Waals surface area contributed by atoms with Gasteiger partial charge in [-0.25, -0.2) is 14.2 Å². The van der Waals surface area contributed by atoms with Gasteiger partial charge in [-0.2, -0.15) is 4.99 Å². The van der Waals surface area contributed by atoms with Gasteiger partial charge in [0.25, 0.3) is 0 Å². The molecule has 0 bridgehead atoms.